The number of hydrogen-bond donors (Lipinski definition) is 0. The molecule has 1 rings (SSSR count). The molecule has 2 heteroatoms. The van der Waals surface area contributed by atoms with E-state index in [-0.39, 0.29) is 11.3 Å². The predicted octanol–water partition coefficient (Wildman–Crippen LogP) is 3.28. The van der Waals surface area contributed by atoms with Crippen molar-refractivity contribution in [1.82, 2.24) is 0 Å². The smallest absolute Gasteiger partial charge is 0.223 e. The molecule has 1 aromatic rings. The summed E-state index contributed by atoms with van der Waals surface area (Å²) in [6.45, 7) is 10.2. The maximum absolute atomic E-state index is 11.3. The number of amides is 1. The molecule has 0 unspecified atom stereocenters. The Bertz CT molecular complexity index is 402. The minimum absolute atomic E-state index is 0.0617. The molecule has 0 fully saturated rings. The summed E-state index contributed by atoms with van der Waals surface area (Å²) in [7, 11) is 1.81. The van der Waals surface area contributed by atoms with Crippen LogP contribution in [0.15, 0.2) is 18.2 Å². The third kappa shape index (κ3) is 2.63. The van der Waals surface area contributed by atoms with Gasteiger partial charge in [-0.2, -0.15) is 0 Å². The molecular formula is C14H21NO. The predicted molar refractivity (Wildman–Crippen MR) is 69.0 cm³/mol. The van der Waals surface area contributed by atoms with Gasteiger partial charge in [0.1, 0.15) is 0 Å². The van der Waals surface area contributed by atoms with Crippen molar-refractivity contribution >= 4 is 11.6 Å². The first kappa shape index (κ1) is 12.8. The van der Waals surface area contributed by atoms with Crippen molar-refractivity contribution in [1.29, 1.82) is 0 Å². The Balaban J connectivity index is 3.15. The van der Waals surface area contributed by atoms with E-state index in [0.29, 0.717) is 0 Å². The van der Waals surface area contributed by atoms with Crippen molar-refractivity contribution in [3.63, 3.8) is 0 Å². The van der Waals surface area contributed by atoms with E-state index >= 15 is 0 Å². The van der Waals surface area contributed by atoms with E-state index in [4.69, 9.17) is 0 Å². The van der Waals surface area contributed by atoms with Crippen LogP contribution in [0.4, 0.5) is 5.69 Å². The molecule has 16 heavy (non-hydrogen) atoms. The maximum Gasteiger partial charge on any atom is 0.223 e. The van der Waals surface area contributed by atoms with Gasteiger partial charge in [-0.25, -0.2) is 0 Å². The monoisotopic (exact) mass is 219 g/mol. The van der Waals surface area contributed by atoms with Crippen LogP contribution in [0.5, 0.6) is 0 Å². The van der Waals surface area contributed by atoms with Crippen LogP contribution in [0.2, 0.25) is 0 Å². The molecule has 88 valence electrons. The van der Waals surface area contributed by atoms with Gasteiger partial charge < -0.3 is 4.90 Å². The number of carbonyl (C=O) groups is 1. The Morgan fingerprint density at radius 1 is 1.25 bits per heavy atom. The number of aryl methyl sites for hydroxylation is 1. The van der Waals surface area contributed by atoms with Gasteiger partial charge in [-0.3, -0.25) is 4.79 Å². The molecule has 0 aliphatic carbocycles. The summed E-state index contributed by atoms with van der Waals surface area (Å²) in [4.78, 5) is 13.0. The summed E-state index contributed by atoms with van der Waals surface area (Å²) in [5, 5.41) is 0. The largest absolute Gasteiger partial charge is 0.315 e. The van der Waals surface area contributed by atoms with E-state index in [1.165, 1.54) is 5.56 Å². The van der Waals surface area contributed by atoms with Gasteiger partial charge in [-0.15, -0.1) is 0 Å². The average molecular weight is 219 g/mol. The Morgan fingerprint density at radius 2 is 1.81 bits per heavy atom. The van der Waals surface area contributed by atoms with Crippen LogP contribution < -0.4 is 4.90 Å². The third-order valence-electron chi connectivity index (χ3n) is 2.90. The van der Waals surface area contributed by atoms with E-state index in [1.807, 2.05) is 13.0 Å². The maximum atomic E-state index is 11.3. The van der Waals surface area contributed by atoms with Gasteiger partial charge in [0.25, 0.3) is 0 Å². The first-order valence-electron chi connectivity index (χ1n) is 5.59. The molecule has 1 amide bonds. The molecule has 0 spiro atoms. The first-order chi connectivity index (χ1) is 7.23. The average Bonchev–Trinajstić information content (AvgIpc) is 2.15. The van der Waals surface area contributed by atoms with Gasteiger partial charge in [0, 0.05) is 19.7 Å². The number of benzene rings is 1. The highest BCUT2D eigenvalue weighted by Gasteiger charge is 2.16. The topological polar surface area (TPSA) is 20.3 Å². The lowest BCUT2D eigenvalue weighted by Crippen LogP contribution is -2.24. The van der Waals surface area contributed by atoms with Crippen molar-refractivity contribution in [2.24, 2.45) is 0 Å². The molecule has 0 saturated carbocycles. The van der Waals surface area contributed by atoms with Crippen molar-refractivity contribution in [3.8, 4) is 0 Å². The quantitative estimate of drug-likeness (QED) is 0.710. The van der Waals surface area contributed by atoms with Crippen LogP contribution in [-0.4, -0.2) is 13.0 Å². The molecule has 0 aromatic heterocycles. The van der Waals surface area contributed by atoms with E-state index in [0.717, 1.165) is 11.3 Å². The molecule has 0 aliphatic rings. The molecule has 0 N–H and O–H groups in total. The molecule has 0 aliphatic heterocycles. The summed E-state index contributed by atoms with van der Waals surface area (Å²) >= 11 is 0. The number of rotatable bonds is 1. The number of anilines is 1. The molecule has 0 saturated heterocycles. The number of hydrogen-bond acceptors (Lipinski definition) is 1. The van der Waals surface area contributed by atoms with Crippen molar-refractivity contribution < 1.29 is 4.79 Å². The summed E-state index contributed by atoms with van der Waals surface area (Å²) in [6.07, 6.45) is 0. The first-order valence-corrected chi connectivity index (χ1v) is 5.59. The van der Waals surface area contributed by atoms with Gasteiger partial charge in [-0.05, 0) is 29.5 Å². The van der Waals surface area contributed by atoms with Crippen molar-refractivity contribution in [2.45, 2.75) is 40.0 Å². The lowest BCUT2D eigenvalue weighted by Gasteiger charge is -2.23. The molecule has 0 heterocycles. The van der Waals surface area contributed by atoms with Crippen LogP contribution in [0, 0.1) is 6.92 Å². The standard InChI is InChI=1S/C14H21NO/c1-10-9-12(14(3,4)5)7-8-13(10)15(6)11(2)16/h7-9H,1-6H3. The Kier molecular flexibility index (Phi) is 3.41. The van der Waals surface area contributed by atoms with Crippen molar-refractivity contribution in [3.05, 3.63) is 29.3 Å². The van der Waals surface area contributed by atoms with E-state index < -0.39 is 0 Å². The van der Waals surface area contributed by atoms with E-state index in [1.54, 1.807) is 18.9 Å². The van der Waals surface area contributed by atoms with Crippen LogP contribution in [0.3, 0.4) is 0 Å². The zero-order valence-corrected chi connectivity index (χ0v) is 11.1. The summed E-state index contributed by atoms with van der Waals surface area (Å²) in [6, 6.07) is 6.29. The van der Waals surface area contributed by atoms with Gasteiger partial charge in [0.05, 0.1) is 0 Å². The Morgan fingerprint density at radius 3 is 2.19 bits per heavy atom. The summed E-state index contributed by atoms with van der Waals surface area (Å²) < 4.78 is 0. The van der Waals surface area contributed by atoms with Gasteiger partial charge in [-0.1, -0.05) is 32.9 Å². The normalized spacial score (nSPS) is 11.4. The van der Waals surface area contributed by atoms with Crippen LogP contribution in [0.1, 0.15) is 38.8 Å². The second kappa shape index (κ2) is 4.28. The van der Waals surface area contributed by atoms with E-state index in [2.05, 4.69) is 32.9 Å². The highest BCUT2D eigenvalue weighted by Crippen LogP contribution is 2.27. The molecular weight excluding hydrogens is 198 g/mol. The minimum atomic E-state index is 0.0617. The van der Waals surface area contributed by atoms with Crippen LogP contribution >= 0.6 is 0 Å². The van der Waals surface area contributed by atoms with Crippen LogP contribution in [0.25, 0.3) is 0 Å². The number of nitrogens with zero attached hydrogens (tertiary/aromatic N) is 1. The van der Waals surface area contributed by atoms with Crippen LogP contribution in [-0.2, 0) is 10.2 Å². The summed E-state index contributed by atoms with van der Waals surface area (Å²) in [5.41, 5.74) is 3.58. The lowest BCUT2D eigenvalue weighted by molar-refractivity contribution is -0.116. The fraction of sp³-hybridized carbons (Fsp3) is 0.500. The van der Waals surface area contributed by atoms with Gasteiger partial charge in [0.2, 0.25) is 5.91 Å². The minimum Gasteiger partial charge on any atom is -0.315 e. The Labute approximate surface area is 98.3 Å². The molecule has 2 nitrogen and oxygen atoms in total. The molecule has 0 atom stereocenters. The Hall–Kier alpha value is -1.31. The second-order valence-electron chi connectivity index (χ2n) is 5.33. The number of carbonyl (C=O) groups excluding carboxylic acids is 1. The second-order valence-corrected chi connectivity index (χ2v) is 5.33. The summed E-state index contributed by atoms with van der Waals surface area (Å²) in [5.74, 6) is 0.0617. The van der Waals surface area contributed by atoms with Gasteiger partial charge >= 0.3 is 0 Å². The van der Waals surface area contributed by atoms with E-state index in [9.17, 15) is 4.79 Å². The highest BCUT2D eigenvalue weighted by molar-refractivity contribution is 5.91. The zero-order chi connectivity index (χ0) is 12.5. The fourth-order valence-electron chi connectivity index (χ4n) is 1.67. The highest BCUT2D eigenvalue weighted by atomic mass is 16.2. The molecule has 1 aromatic carbocycles. The lowest BCUT2D eigenvalue weighted by atomic mass is 9.86. The fourth-order valence-corrected chi connectivity index (χ4v) is 1.67. The van der Waals surface area contributed by atoms with Gasteiger partial charge in [0.15, 0.2) is 0 Å². The zero-order valence-electron chi connectivity index (χ0n) is 11.1. The molecule has 0 radical (unpaired) electrons. The van der Waals surface area contributed by atoms with Crippen molar-refractivity contribution in [2.75, 3.05) is 11.9 Å². The SMILES string of the molecule is CC(=O)N(C)c1ccc(C(C)(C)C)cc1C. The molecule has 0 bridgehead atoms. The third-order valence-corrected chi connectivity index (χ3v) is 2.90.